The number of esters is 1. The Balaban J connectivity index is 0.000000879. The van der Waals surface area contributed by atoms with E-state index in [1.165, 1.54) is 106 Å². The molecule has 3 aromatic rings. The van der Waals surface area contributed by atoms with Crippen molar-refractivity contribution in [3.63, 3.8) is 0 Å². The zero-order valence-electron chi connectivity index (χ0n) is 35.0. The number of carbonyl (C=O) groups is 2. The van der Waals surface area contributed by atoms with Gasteiger partial charge in [-0.2, -0.15) is 0 Å². The Bertz CT molecular complexity index is 1400. The average Bonchev–Trinajstić information content (AvgIpc) is 3.52. The van der Waals surface area contributed by atoms with Gasteiger partial charge in [0.25, 0.3) is 0 Å². The summed E-state index contributed by atoms with van der Waals surface area (Å²) in [6.45, 7) is 17.1. The molecule has 1 aromatic heterocycles. The van der Waals surface area contributed by atoms with Crippen molar-refractivity contribution in [1.82, 2.24) is 0 Å². The highest BCUT2D eigenvalue weighted by Gasteiger charge is 2.21. The van der Waals surface area contributed by atoms with Crippen molar-refractivity contribution < 1.29 is 19.1 Å². The van der Waals surface area contributed by atoms with Crippen LogP contribution >= 0.6 is 11.3 Å². The second-order valence-corrected chi connectivity index (χ2v) is 14.4. The number of anilines is 6. The second-order valence-electron chi connectivity index (χ2n) is 13.3. The summed E-state index contributed by atoms with van der Waals surface area (Å²) >= 11 is 1.18. The molecule has 0 spiro atoms. The number of unbranched alkanes of at least 4 members (excludes halogenated alkanes) is 3. The van der Waals surface area contributed by atoms with Crippen LogP contribution < -0.4 is 37.9 Å². The average molecular weight is 771 g/mol. The third-order valence-electron chi connectivity index (χ3n) is 9.08. The number of hydrogen-bond donors (Lipinski definition) is 5. The Morgan fingerprint density at radius 2 is 1.39 bits per heavy atom. The van der Waals surface area contributed by atoms with Crippen molar-refractivity contribution in [2.45, 2.75) is 119 Å². The van der Waals surface area contributed by atoms with Gasteiger partial charge in [-0.15, -0.1) is 11.3 Å². The topological polar surface area (TPSA) is 172 Å². The van der Waals surface area contributed by atoms with Crippen LogP contribution in [0.1, 0.15) is 129 Å². The van der Waals surface area contributed by atoms with Gasteiger partial charge >= 0.3 is 5.97 Å². The Morgan fingerprint density at radius 3 is 1.80 bits per heavy atom. The minimum atomic E-state index is -0.414. The summed E-state index contributed by atoms with van der Waals surface area (Å²) in [4.78, 5) is 22.5. The Labute approximate surface area is 331 Å². The van der Waals surface area contributed by atoms with E-state index in [0.29, 0.717) is 34.0 Å². The van der Waals surface area contributed by atoms with E-state index in [1.807, 2.05) is 25.2 Å². The van der Waals surface area contributed by atoms with Gasteiger partial charge in [0.1, 0.15) is 17.0 Å². The molecule has 0 fully saturated rings. The van der Waals surface area contributed by atoms with Gasteiger partial charge in [-0.1, -0.05) is 91.7 Å². The summed E-state index contributed by atoms with van der Waals surface area (Å²) < 4.78 is 10.5. The highest BCUT2D eigenvalue weighted by atomic mass is 32.1. The summed E-state index contributed by atoms with van der Waals surface area (Å²) in [6.07, 6.45) is 14.6. The maximum absolute atomic E-state index is 11.1. The number of nitrogen functional groups attached to an aromatic ring is 4. The molecule has 0 saturated carbocycles. The van der Waals surface area contributed by atoms with Gasteiger partial charge in [-0.25, -0.2) is 4.79 Å². The number of nitrogens with one attached hydrogen (secondary N) is 1. The largest absolute Gasteiger partial charge is 0.495 e. The molecule has 11 heteroatoms. The fraction of sp³-hybridized carbons (Fsp3) is 0.581. The molecule has 0 bridgehead atoms. The number of nitrogens with two attached hydrogens (primary N) is 4. The van der Waals surface area contributed by atoms with Crippen LogP contribution in [0.4, 0.5) is 32.8 Å². The number of thiophene rings is 1. The summed E-state index contributed by atoms with van der Waals surface area (Å²) in [6, 6.07) is 13.8. The van der Waals surface area contributed by atoms with Gasteiger partial charge in [0.15, 0.2) is 0 Å². The fourth-order valence-electron chi connectivity index (χ4n) is 5.80. The maximum Gasteiger partial charge on any atom is 0.341 e. The first-order valence-corrected chi connectivity index (χ1v) is 20.7. The van der Waals surface area contributed by atoms with E-state index >= 15 is 0 Å². The number of methoxy groups -OCH3 is 1. The Hall–Kier alpha value is -4.12. The lowest BCUT2D eigenvalue weighted by Crippen LogP contribution is -2.34. The molecule has 0 amide bonds. The highest BCUT2D eigenvalue weighted by Crippen LogP contribution is 2.37. The molecular weight excluding hydrogens is 697 g/mol. The molecule has 3 rings (SSSR count). The van der Waals surface area contributed by atoms with E-state index in [9.17, 15) is 4.79 Å². The van der Waals surface area contributed by atoms with Crippen LogP contribution in [0.25, 0.3) is 0 Å². The first-order chi connectivity index (χ1) is 25.9. The van der Waals surface area contributed by atoms with Crippen molar-refractivity contribution >= 4 is 56.3 Å². The Kier molecular flexibility index (Phi) is 27.9. The van der Waals surface area contributed by atoms with E-state index in [4.69, 9.17) is 37.2 Å². The molecule has 54 heavy (non-hydrogen) atoms. The van der Waals surface area contributed by atoms with E-state index in [-0.39, 0.29) is 0 Å². The van der Waals surface area contributed by atoms with Gasteiger partial charge in [0.05, 0.1) is 41.3 Å². The van der Waals surface area contributed by atoms with Crippen LogP contribution in [0.3, 0.4) is 0 Å². The number of aryl methyl sites for hydroxylation is 1. The van der Waals surface area contributed by atoms with Crippen molar-refractivity contribution in [3.05, 3.63) is 53.6 Å². The first-order valence-electron chi connectivity index (χ1n) is 19.9. The molecule has 2 atom stereocenters. The van der Waals surface area contributed by atoms with Crippen molar-refractivity contribution in [2.24, 2.45) is 11.8 Å². The van der Waals surface area contributed by atoms with E-state index < -0.39 is 5.97 Å². The minimum Gasteiger partial charge on any atom is -0.495 e. The van der Waals surface area contributed by atoms with Crippen molar-refractivity contribution in [3.8, 4) is 5.75 Å². The number of aldehydes is 1. The molecule has 9 N–H and O–H groups in total. The summed E-state index contributed by atoms with van der Waals surface area (Å²) in [5.41, 5.74) is 28.2. The predicted octanol–water partition coefficient (Wildman–Crippen LogP) is 10.5. The number of rotatable bonds is 20. The summed E-state index contributed by atoms with van der Waals surface area (Å²) in [5.74, 6) is 1.89. The van der Waals surface area contributed by atoms with Gasteiger partial charge < -0.3 is 47.4 Å². The molecular formula is C43H74N6O4S. The van der Waals surface area contributed by atoms with Gasteiger partial charge in [-0.05, 0) is 81.2 Å². The van der Waals surface area contributed by atoms with Crippen LogP contribution in [0, 0.1) is 11.8 Å². The lowest BCUT2D eigenvalue weighted by Gasteiger charge is -2.34. The molecule has 0 aliphatic rings. The predicted molar refractivity (Wildman–Crippen MR) is 236 cm³/mol. The number of ether oxygens (including phenoxy) is 2. The fourth-order valence-corrected chi connectivity index (χ4v) is 6.48. The highest BCUT2D eigenvalue weighted by molar-refractivity contribution is 7.20. The third-order valence-corrected chi connectivity index (χ3v) is 9.87. The quantitative estimate of drug-likeness (QED) is 0.0423. The Morgan fingerprint density at radius 1 is 0.852 bits per heavy atom. The molecule has 2 unspecified atom stereocenters. The third kappa shape index (κ3) is 19.8. The normalized spacial score (nSPS) is 11.3. The van der Waals surface area contributed by atoms with Gasteiger partial charge in [0.2, 0.25) is 0 Å². The summed E-state index contributed by atoms with van der Waals surface area (Å²) in [7, 11) is 3.68. The smallest absolute Gasteiger partial charge is 0.341 e. The zero-order chi connectivity index (χ0) is 40.9. The van der Waals surface area contributed by atoms with E-state index in [2.05, 4.69) is 63.0 Å². The van der Waals surface area contributed by atoms with Gasteiger partial charge in [0, 0.05) is 31.9 Å². The molecule has 2 aromatic carbocycles. The summed E-state index contributed by atoms with van der Waals surface area (Å²) in [5, 5.41) is 4.17. The monoisotopic (exact) mass is 771 g/mol. The minimum absolute atomic E-state index is 0.341. The molecule has 1 heterocycles. The molecule has 306 valence electrons. The molecule has 0 aliphatic heterocycles. The molecule has 0 saturated heterocycles. The second kappa shape index (κ2) is 30.2. The van der Waals surface area contributed by atoms with Crippen LogP contribution in [-0.4, -0.2) is 46.1 Å². The lowest BCUT2D eigenvalue weighted by atomic mass is 9.95. The number of carbonyl (C=O) groups excluding carboxylic acids is 2. The van der Waals surface area contributed by atoms with Crippen LogP contribution in [0.5, 0.6) is 5.75 Å². The van der Waals surface area contributed by atoms with Crippen molar-refractivity contribution in [2.75, 3.05) is 67.0 Å². The van der Waals surface area contributed by atoms with E-state index in [1.54, 1.807) is 14.0 Å². The SMILES string of the molecule is CC=O.CCCCC(CC)CN(CC(CC)CCCC)c1cc(NC)c(N)cc1OC.CCCCc1ccc(N)cc1.CCOC(=O)c1cc(N)sc1N. The number of nitrogens with zero attached hydrogens (tertiary/aromatic N) is 1. The zero-order valence-corrected chi connectivity index (χ0v) is 35.8. The maximum atomic E-state index is 11.1. The molecule has 10 nitrogen and oxygen atoms in total. The molecule has 0 aliphatic carbocycles. The van der Waals surface area contributed by atoms with E-state index in [0.717, 1.165) is 42.2 Å². The molecule has 0 radical (unpaired) electrons. The van der Waals surface area contributed by atoms with Crippen molar-refractivity contribution in [1.29, 1.82) is 0 Å². The van der Waals surface area contributed by atoms with Crippen LogP contribution in [0.2, 0.25) is 0 Å². The van der Waals surface area contributed by atoms with Gasteiger partial charge in [-0.3, -0.25) is 0 Å². The first kappa shape index (κ1) is 49.9. The lowest BCUT2D eigenvalue weighted by molar-refractivity contribution is -0.106. The van der Waals surface area contributed by atoms with Crippen LogP contribution in [0.15, 0.2) is 42.5 Å². The standard InChI is InChI=1S/C24H45N3O.C10H15N.C7H10N2O2S.C2H4O/c1-7-11-13-19(9-3)17-27(18-20(10-4)14-12-8-2)23-16-22(26-5)21(25)15-24(23)28-6;1-2-3-4-9-5-7-10(11)8-6-9;1-2-11-7(10)4-3-5(8)12-6(4)9;1-2-3/h15-16,19-20,26H,7-14,17-18,25H2,1-6H3;5-8H,2-4,11H2,1H3;3H,2,8-9H2,1H3;2H,1H3. The van der Waals surface area contributed by atoms with Crippen LogP contribution in [-0.2, 0) is 16.0 Å². The number of hydrogen-bond acceptors (Lipinski definition) is 11. The number of benzene rings is 2.